The summed E-state index contributed by atoms with van der Waals surface area (Å²) >= 11 is 1.50. The Morgan fingerprint density at radius 1 is 1.35 bits per heavy atom. The normalized spacial score (nSPS) is 15.5. The Bertz CT molecular complexity index is 976. The number of nitrogens with zero attached hydrogens (tertiary/aromatic N) is 4. The second kappa shape index (κ2) is 6.28. The summed E-state index contributed by atoms with van der Waals surface area (Å²) in [5, 5.41) is 7.92. The van der Waals surface area contributed by atoms with Crippen molar-refractivity contribution in [3.05, 3.63) is 52.1 Å². The van der Waals surface area contributed by atoms with Gasteiger partial charge in [-0.25, -0.2) is 14.4 Å². The van der Waals surface area contributed by atoms with Crippen LogP contribution in [0.1, 0.15) is 39.8 Å². The maximum Gasteiger partial charge on any atom is 0.291 e. The smallest absolute Gasteiger partial charge is 0.291 e. The van der Waals surface area contributed by atoms with Gasteiger partial charge in [-0.15, -0.1) is 16.4 Å². The predicted octanol–water partition coefficient (Wildman–Crippen LogP) is 3.20. The van der Waals surface area contributed by atoms with Gasteiger partial charge in [-0.2, -0.15) is 0 Å². The molecule has 8 heteroatoms. The molecule has 1 aliphatic carbocycles. The highest BCUT2D eigenvalue weighted by Crippen LogP contribution is 2.45. The van der Waals surface area contributed by atoms with Gasteiger partial charge in [-0.3, -0.25) is 9.48 Å². The Kier molecular flexibility index (Phi) is 4.07. The van der Waals surface area contributed by atoms with Crippen LogP contribution in [0.25, 0.3) is 11.3 Å². The number of carbonyl (C=O) groups is 1. The summed E-state index contributed by atoms with van der Waals surface area (Å²) in [6.07, 6.45) is 4.10. The number of halogens is 1. The number of hydrogen-bond donors (Lipinski definition) is 1. The van der Waals surface area contributed by atoms with Crippen molar-refractivity contribution >= 4 is 17.2 Å². The van der Waals surface area contributed by atoms with E-state index in [4.69, 9.17) is 4.98 Å². The molecule has 2 heterocycles. The molecule has 0 aliphatic heterocycles. The van der Waals surface area contributed by atoms with Crippen molar-refractivity contribution in [3.8, 4) is 11.3 Å². The van der Waals surface area contributed by atoms with E-state index in [0.717, 1.165) is 29.1 Å². The van der Waals surface area contributed by atoms with Crippen LogP contribution in [0, 0.1) is 12.7 Å². The summed E-state index contributed by atoms with van der Waals surface area (Å²) in [6.45, 7) is 1.93. The van der Waals surface area contributed by atoms with Gasteiger partial charge in [0.05, 0.1) is 11.2 Å². The van der Waals surface area contributed by atoms with Gasteiger partial charge in [0.2, 0.25) is 5.82 Å². The lowest BCUT2D eigenvalue weighted by Gasteiger charge is -2.40. The predicted molar refractivity (Wildman–Crippen MR) is 96.2 cm³/mol. The highest BCUT2D eigenvalue weighted by molar-refractivity contribution is 7.12. The fourth-order valence-electron chi connectivity index (χ4n) is 3.14. The van der Waals surface area contributed by atoms with Gasteiger partial charge in [-0.1, -0.05) is 12.1 Å². The van der Waals surface area contributed by atoms with Gasteiger partial charge >= 0.3 is 0 Å². The molecule has 0 unspecified atom stereocenters. The van der Waals surface area contributed by atoms with Crippen molar-refractivity contribution in [2.24, 2.45) is 7.05 Å². The number of rotatable bonds is 4. The molecule has 0 atom stereocenters. The molecule has 0 saturated heterocycles. The Morgan fingerprint density at radius 2 is 2.12 bits per heavy atom. The molecule has 2 aromatic heterocycles. The average molecular weight is 371 g/mol. The quantitative estimate of drug-likeness (QED) is 0.764. The first-order chi connectivity index (χ1) is 12.5. The summed E-state index contributed by atoms with van der Waals surface area (Å²) in [6, 6.07) is 6.62. The highest BCUT2D eigenvalue weighted by atomic mass is 32.1. The summed E-state index contributed by atoms with van der Waals surface area (Å²) < 4.78 is 15.7. The molecular formula is C18H18FN5OS. The minimum absolute atomic E-state index is 0.140. The third kappa shape index (κ3) is 2.80. The molecule has 6 nitrogen and oxygen atoms in total. The first-order valence-corrected chi connectivity index (χ1v) is 9.21. The van der Waals surface area contributed by atoms with Crippen LogP contribution >= 0.6 is 11.3 Å². The monoisotopic (exact) mass is 371 g/mol. The molecule has 0 bridgehead atoms. The molecule has 3 aromatic rings. The fraction of sp³-hybridized carbons (Fsp3) is 0.333. The fourth-order valence-corrected chi connectivity index (χ4v) is 4.27. The lowest BCUT2D eigenvalue weighted by molar-refractivity contribution is 0.0812. The topological polar surface area (TPSA) is 72.7 Å². The summed E-state index contributed by atoms with van der Waals surface area (Å²) in [4.78, 5) is 22.2. The zero-order valence-corrected chi connectivity index (χ0v) is 15.3. The lowest BCUT2D eigenvalue weighted by atomic mass is 9.77. The maximum atomic E-state index is 14.2. The van der Waals surface area contributed by atoms with Crippen LogP contribution in [-0.4, -0.2) is 25.7 Å². The van der Waals surface area contributed by atoms with E-state index in [0.29, 0.717) is 11.3 Å². The minimum atomic E-state index is -0.519. The van der Waals surface area contributed by atoms with Crippen molar-refractivity contribution in [2.45, 2.75) is 31.7 Å². The average Bonchev–Trinajstić information content (AvgIpc) is 3.17. The largest absolute Gasteiger partial charge is 0.337 e. The van der Waals surface area contributed by atoms with Crippen molar-refractivity contribution in [2.75, 3.05) is 0 Å². The van der Waals surface area contributed by atoms with Crippen molar-refractivity contribution in [1.82, 2.24) is 25.1 Å². The number of aromatic nitrogens is 4. The van der Waals surface area contributed by atoms with Crippen LogP contribution in [0.5, 0.6) is 0 Å². The van der Waals surface area contributed by atoms with Crippen molar-refractivity contribution in [1.29, 1.82) is 0 Å². The molecule has 1 N–H and O–H groups in total. The summed E-state index contributed by atoms with van der Waals surface area (Å²) in [5.41, 5.74) is 0.606. The zero-order valence-electron chi connectivity index (χ0n) is 14.5. The van der Waals surface area contributed by atoms with Gasteiger partial charge in [0.25, 0.3) is 5.91 Å². The molecule has 0 radical (unpaired) electrons. The van der Waals surface area contributed by atoms with E-state index in [1.807, 2.05) is 6.92 Å². The van der Waals surface area contributed by atoms with Gasteiger partial charge in [0, 0.05) is 17.5 Å². The molecule has 1 aliphatic rings. The van der Waals surface area contributed by atoms with E-state index < -0.39 is 5.54 Å². The molecule has 1 amide bonds. The number of amides is 1. The highest BCUT2D eigenvalue weighted by Gasteiger charge is 2.43. The van der Waals surface area contributed by atoms with Crippen LogP contribution in [0.4, 0.5) is 4.39 Å². The SMILES string of the molecule is Cc1sc(C2(NC(=O)c3ncn(C)n3)CCC2)nc1-c1ccccc1F. The molecule has 1 saturated carbocycles. The molecule has 134 valence electrons. The third-order valence-electron chi connectivity index (χ3n) is 4.70. The number of carbonyl (C=O) groups excluding carboxylic acids is 1. The first-order valence-electron chi connectivity index (χ1n) is 8.39. The number of thiazole rings is 1. The van der Waals surface area contributed by atoms with Crippen molar-refractivity contribution < 1.29 is 9.18 Å². The van der Waals surface area contributed by atoms with Crippen LogP contribution in [0.3, 0.4) is 0 Å². The van der Waals surface area contributed by atoms with Crippen LogP contribution in [0.2, 0.25) is 0 Å². The first kappa shape index (κ1) is 16.8. The van der Waals surface area contributed by atoms with Gasteiger partial charge in [-0.05, 0) is 38.3 Å². The van der Waals surface area contributed by atoms with E-state index in [-0.39, 0.29) is 17.5 Å². The van der Waals surface area contributed by atoms with E-state index in [1.165, 1.54) is 28.4 Å². The van der Waals surface area contributed by atoms with E-state index >= 15 is 0 Å². The lowest BCUT2D eigenvalue weighted by Crippen LogP contribution is -2.51. The number of benzene rings is 1. The van der Waals surface area contributed by atoms with E-state index in [2.05, 4.69) is 15.4 Å². The molecule has 1 fully saturated rings. The standard InChI is InChI=1S/C18H18FN5OS/c1-11-14(12-6-3-4-7-13(12)19)21-17(26-11)18(8-5-9-18)22-16(25)15-20-10-24(2)23-15/h3-4,6-7,10H,5,8-9H2,1-2H3,(H,22,25). The summed E-state index contributed by atoms with van der Waals surface area (Å²) in [7, 11) is 1.72. The van der Waals surface area contributed by atoms with Gasteiger partial charge < -0.3 is 5.32 Å². The zero-order chi connectivity index (χ0) is 18.3. The molecule has 26 heavy (non-hydrogen) atoms. The Labute approximate surface area is 154 Å². The number of aryl methyl sites for hydroxylation is 2. The third-order valence-corrected chi connectivity index (χ3v) is 5.87. The Hall–Kier alpha value is -2.61. The molecule has 0 spiro atoms. The Balaban J connectivity index is 1.66. The maximum absolute atomic E-state index is 14.2. The van der Waals surface area contributed by atoms with Crippen LogP contribution in [0.15, 0.2) is 30.6 Å². The Morgan fingerprint density at radius 3 is 2.73 bits per heavy atom. The number of hydrogen-bond acceptors (Lipinski definition) is 5. The molecule has 4 rings (SSSR count). The van der Waals surface area contributed by atoms with Crippen LogP contribution in [-0.2, 0) is 12.6 Å². The van der Waals surface area contributed by atoms with E-state index in [1.54, 1.807) is 25.2 Å². The number of nitrogens with one attached hydrogen (secondary N) is 1. The van der Waals surface area contributed by atoms with Crippen molar-refractivity contribution in [3.63, 3.8) is 0 Å². The van der Waals surface area contributed by atoms with Gasteiger partial charge in [0.1, 0.15) is 17.2 Å². The minimum Gasteiger partial charge on any atom is -0.337 e. The summed E-state index contributed by atoms with van der Waals surface area (Å²) in [5.74, 6) is -0.469. The molecular weight excluding hydrogens is 353 g/mol. The van der Waals surface area contributed by atoms with Crippen LogP contribution < -0.4 is 5.32 Å². The second-order valence-corrected chi connectivity index (χ2v) is 7.74. The second-order valence-electron chi connectivity index (χ2n) is 6.54. The van der Waals surface area contributed by atoms with E-state index in [9.17, 15) is 9.18 Å². The molecule has 1 aromatic carbocycles. The van der Waals surface area contributed by atoms with Gasteiger partial charge in [0.15, 0.2) is 0 Å².